The summed E-state index contributed by atoms with van der Waals surface area (Å²) in [4.78, 5) is 12.1. The number of rotatable bonds is 6. The van der Waals surface area contributed by atoms with Gasteiger partial charge < -0.3 is 4.74 Å². The lowest BCUT2D eigenvalue weighted by Crippen LogP contribution is -2.17. The van der Waals surface area contributed by atoms with Crippen molar-refractivity contribution in [3.8, 4) is 5.75 Å². The summed E-state index contributed by atoms with van der Waals surface area (Å²) < 4.78 is 7.89. The van der Waals surface area contributed by atoms with Crippen LogP contribution in [0.5, 0.6) is 5.75 Å². The van der Waals surface area contributed by atoms with Crippen LogP contribution in [-0.2, 0) is 6.61 Å². The van der Waals surface area contributed by atoms with E-state index >= 15 is 0 Å². The third-order valence-corrected chi connectivity index (χ3v) is 6.02. The quantitative estimate of drug-likeness (QED) is 0.200. The summed E-state index contributed by atoms with van der Waals surface area (Å²) in [6, 6.07) is 18.9. The van der Waals surface area contributed by atoms with Crippen LogP contribution in [0, 0.1) is 14.1 Å². The molecule has 3 aromatic carbocycles. The van der Waals surface area contributed by atoms with Crippen LogP contribution in [0.15, 0.2) is 65.8 Å². The first kappa shape index (κ1) is 22.0. The molecule has 0 atom stereocenters. The van der Waals surface area contributed by atoms with E-state index in [-0.39, 0.29) is 5.91 Å². The zero-order valence-electron chi connectivity index (χ0n) is 15.5. The summed E-state index contributed by atoms with van der Waals surface area (Å²) in [7, 11) is 0. The fourth-order valence-corrected chi connectivity index (χ4v) is 4.81. The fraction of sp³-hybridized carbons (Fsp3) is 0.0909. The Balaban J connectivity index is 1.65. The highest BCUT2D eigenvalue weighted by Crippen LogP contribution is 2.30. The molecule has 1 N–H and O–H groups in total. The van der Waals surface area contributed by atoms with Crippen molar-refractivity contribution in [2.24, 2.45) is 5.10 Å². The van der Waals surface area contributed by atoms with E-state index in [9.17, 15) is 4.79 Å². The van der Waals surface area contributed by atoms with Crippen LogP contribution in [0.3, 0.4) is 0 Å². The Bertz CT molecular complexity index is 1030. The van der Waals surface area contributed by atoms with E-state index in [4.69, 9.17) is 16.3 Å². The third-order valence-electron chi connectivity index (χ3n) is 4.04. The minimum Gasteiger partial charge on any atom is -0.487 e. The first-order valence-electron chi connectivity index (χ1n) is 8.69. The highest BCUT2D eigenvalue weighted by molar-refractivity contribution is 14.1. The lowest BCUT2D eigenvalue weighted by molar-refractivity contribution is 0.0955. The number of ether oxygens (including phenoxy) is 1. The van der Waals surface area contributed by atoms with E-state index in [1.165, 1.54) is 0 Å². The Labute approximate surface area is 202 Å². The number of amides is 1. The van der Waals surface area contributed by atoms with Crippen LogP contribution in [0.25, 0.3) is 0 Å². The van der Waals surface area contributed by atoms with Crippen LogP contribution >= 0.6 is 56.8 Å². The Kier molecular flexibility index (Phi) is 7.91. The summed E-state index contributed by atoms with van der Waals surface area (Å²) in [6.07, 6.45) is 1.62. The van der Waals surface area contributed by atoms with Crippen molar-refractivity contribution in [3.05, 3.63) is 95.1 Å². The van der Waals surface area contributed by atoms with E-state index in [1.54, 1.807) is 18.3 Å². The van der Waals surface area contributed by atoms with E-state index < -0.39 is 0 Å². The molecule has 0 aliphatic heterocycles. The molecule has 7 heteroatoms. The number of aryl methyl sites for hydroxylation is 1. The number of hydrazone groups is 1. The number of halogens is 3. The molecule has 0 saturated heterocycles. The zero-order chi connectivity index (χ0) is 20.8. The molecular weight excluding hydrogens is 614 g/mol. The molecule has 4 nitrogen and oxygen atoms in total. The van der Waals surface area contributed by atoms with Gasteiger partial charge in [0, 0.05) is 16.1 Å². The molecule has 0 heterocycles. The summed E-state index contributed by atoms with van der Waals surface area (Å²) in [5.41, 5.74) is 6.03. The number of hydrogen-bond donors (Lipinski definition) is 1. The Morgan fingerprint density at radius 3 is 2.41 bits per heavy atom. The summed E-state index contributed by atoms with van der Waals surface area (Å²) >= 11 is 10.7. The molecule has 0 saturated carbocycles. The number of hydrogen-bond acceptors (Lipinski definition) is 3. The average Bonchev–Trinajstić information content (AvgIpc) is 2.69. The van der Waals surface area contributed by atoms with Crippen molar-refractivity contribution in [2.75, 3.05) is 0 Å². The van der Waals surface area contributed by atoms with Gasteiger partial charge in [0.15, 0.2) is 0 Å². The highest BCUT2D eigenvalue weighted by atomic mass is 127. The van der Waals surface area contributed by atoms with Gasteiger partial charge in [-0.2, -0.15) is 5.10 Å². The second kappa shape index (κ2) is 10.4. The predicted octanol–water partition coefficient (Wildman–Crippen LogP) is 6.20. The number of benzene rings is 3. The number of carbonyl (C=O) groups is 1. The second-order valence-corrected chi connectivity index (χ2v) is 8.99. The maximum atomic E-state index is 12.1. The number of nitrogens with zero attached hydrogens (tertiary/aromatic N) is 1. The largest absolute Gasteiger partial charge is 0.487 e. The lowest BCUT2D eigenvalue weighted by atomic mass is 10.1. The maximum absolute atomic E-state index is 12.1. The van der Waals surface area contributed by atoms with Gasteiger partial charge in [-0.15, -0.1) is 0 Å². The van der Waals surface area contributed by atoms with Gasteiger partial charge in [0.1, 0.15) is 12.4 Å². The van der Waals surface area contributed by atoms with Crippen molar-refractivity contribution in [2.45, 2.75) is 13.5 Å². The lowest BCUT2D eigenvalue weighted by Gasteiger charge is -2.12. The normalized spacial score (nSPS) is 10.9. The van der Waals surface area contributed by atoms with Gasteiger partial charge in [0.2, 0.25) is 0 Å². The molecule has 0 fully saturated rings. The average molecular weight is 631 g/mol. The first-order valence-corrected chi connectivity index (χ1v) is 11.2. The Morgan fingerprint density at radius 1 is 1.10 bits per heavy atom. The Morgan fingerprint density at radius 2 is 1.76 bits per heavy atom. The topological polar surface area (TPSA) is 50.7 Å². The molecule has 0 spiro atoms. The minimum atomic E-state index is -0.245. The molecule has 29 heavy (non-hydrogen) atoms. The summed E-state index contributed by atoms with van der Waals surface area (Å²) in [5, 5.41) is 4.75. The second-order valence-electron chi connectivity index (χ2n) is 6.26. The van der Waals surface area contributed by atoms with E-state index in [2.05, 4.69) is 55.7 Å². The summed E-state index contributed by atoms with van der Waals surface area (Å²) in [5.74, 6) is 0.553. The molecule has 0 unspecified atom stereocenters. The molecule has 0 aliphatic rings. The van der Waals surface area contributed by atoms with Crippen molar-refractivity contribution in [1.29, 1.82) is 0 Å². The molecule has 0 bridgehead atoms. The van der Waals surface area contributed by atoms with Crippen LogP contribution in [-0.4, -0.2) is 12.1 Å². The molecule has 148 valence electrons. The molecule has 1 amide bonds. The molecule has 0 aliphatic carbocycles. The maximum Gasteiger partial charge on any atom is 0.271 e. The molecule has 3 aromatic rings. The SMILES string of the molecule is Cc1ccc(C(=O)N/N=C/c2cc(I)c(OCc3ccccc3Cl)c(I)c2)cc1. The van der Waals surface area contributed by atoms with Gasteiger partial charge in [-0.25, -0.2) is 5.43 Å². The van der Waals surface area contributed by atoms with Gasteiger partial charge in [0.05, 0.1) is 13.4 Å². The minimum absolute atomic E-state index is 0.245. The van der Waals surface area contributed by atoms with Gasteiger partial charge in [-0.05, 0) is 88.0 Å². The Hall–Kier alpha value is -1.65. The van der Waals surface area contributed by atoms with E-state index in [0.717, 1.165) is 29.6 Å². The monoisotopic (exact) mass is 630 g/mol. The number of carbonyl (C=O) groups excluding carboxylic acids is 1. The zero-order valence-corrected chi connectivity index (χ0v) is 20.5. The fourth-order valence-electron chi connectivity index (χ4n) is 2.49. The van der Waals surface area contributed by atoms with Crippen molar-refractivity contribution >= 4 is 68.9 Å². The molecule has 3 rings (SSSR count). The van der Waals surface area contributed by atoms with E-state index in [1.807, 2.05) is 55.5 Å². The third kappa shape index (κ3) is 6.16. The first-order chi connectivity index (χ1) is 13.9. The molecular formula is C22H17ClI2N2O2. The smallest absolute Gasteiger partial charge is 0.271 e. The number of nitrogens with one attached hydrogen (secondary N) is 1. The van der Waals surface area contributed by atoms with Crippen LogP contribution in [0.4, 0.5) is 0 Å². The van der Waals surface area contributed by atoms with E-state index in [0.29, 0.717) is 17.2 Å². The van der Waals surface area contributed by atoms with Crippen LogP contribution < -0.4 is 10.2 Å². The predicted molar refractivity (Wildman–Crippen MR) is 134 cm³/mol. The van der Waals surface area contributed by atoms with Crippen molar-refractivity contribution < 1.29 is 9.53 Å². The summed E-state index contributed by atoms with van der Waals surface area (Å²) in [6.45, 7) is 2.37. The molecule has 0 radical (unpaired) electrons. The van der Waals surface area contributed by atoms with Crippen molar-refractivity contribution in [1.82, 2.24) is 5.43 Å². The van der Waals surface area contributed by atoms with Gasteiger partial charge in [-0.3, -0.25) is 4.79 Å². The van der Waals surface area contributed by atoms with Gasteiger partial charge >= 0.3 is 0 Å². The molecule has 0 aromatic heterocycles. The highest BCUT2D eigenvalue weighted by Gasteiger charge is 2.10. The van der Waals surface area contributed by atoms with Crippen LogP contribution in [0.1, 0.15) is 27.0 Å². The van der Waals surface area contributed by atoms with Crippen LogP contribution in [0.2, 0.25) is 5.02 Å². The van der Waals surface area contributed by atoms with Gasteiger partial charge in [-0.1, -0.05) is 47.5 Å². The standard InChI is InChI=1S/C22H17ClI2N2O2/c1-14-6-8-16(9-7-14)22(28)27-26-12-15-10-19(24)21(20(25)11-15)29-13-17-4-2-3-5-18(17)23/h2-12H,13H2,1H3,(H,27,28)/b26-12+. The van der Waals surface area contributed by atoms with Crippen molar-refractivity contribution in [3.63, 3.8) is 0 Å². The van der Waals surface area contributed by atoms with Gasteiger partial charge in [0.25, 0.3) is 5.91 Å².